The van der Waals surface area contributed by atoms with Crippen LogP contribution in [0.3, 0.4) is 0 Å². The van der Waals surface area contributed by atoms with E-state index in [1.165, 1.54) is 5.39 Å². The van der Waals surface area contributed by atoms with Gasteiger partial charge in [-0.3, -0.25) is 14.5 Å². The van der Waals surface area contributed by atoms with E-state index < -0.39 is 0 Å². The van der Waals surface area contributed by atoms with Crippen LogP contribution in [0.5, 0.6) is 0 Å². The number of benzene rings is 10. The molecular formula is C66H44N10. The first-order chi connectivity index (χ1) is 37.6. The average molecular weight is 977 g/mol. The predicted molar refractivity (Wildman–Crippen MR) is 313 cm³/mol. The molecule has 0 fully saturated rings. The van der Waals surface area contributed by atoms with E-state index in [0.29, 0.717) is 23.6 Å². The smallest absolute Gasteiger partial charge is 0.240 e. The maximum Gasteiger partial charge on any atom is 0.240 e. The number of para-hydroxylation sites is 5. The quantitative estimate of drug-likeness (QED) is 0.128. The highest BCUT2D eigenvalue weighted by atomic mass is 15.3. The van der Waals surface area contributed by atoms with Crippen LogP contribution in [0, 0.1) is 5.41 Å². The van der Waals surface area contributed by atoms with Crippen LogP contribution in [0.15, 0.2) is 253 Å². The van der Waals surface area contributed by atoms with E-state index in [2.05, 4.69) is 199 Å². The summed E-state index contributed by atoms with van der Waals surface area (Å²) in [6.07, 6.45) is 0. The number of amidine groups is 2. The molecule has 0 spiro atoms. The number of H-pyrrole nitrogens is 1. The summed E-state index contributed by atoms with van der Waals surface area (Å²) < 4.78 is 6.90. The second-order valence-corrected chi connectivity index (χ2v) is 18.6. The molecule has 0 saturated carbocycles. The van der Waals surface area contributed by atoms with Crippen molar-refractivity contribution < 1.29 is 0 Å². The van der Waals surface area contributed by atoms with E-state index in [9.17, 15) is 0 Å². The lowest BCUT2D eigenvalue weighted by Crippen LogP contribution is -2.10. The van der Waals surface area contributed by atoms with Crippen LogP contribution in [-0.4, -0.2) is 52.0 Å². The molecular weight excluding hydrogens is 933 g/mol. The number of hydrogen-bond acceptors (Lipinski definition) is 4. The van der Waals surface area contributed by atoms with E-state index in [4.69, 9.17) is 20.4 Å². The molecule has 0 amide bonds. The predicted octanol–water partition coefficient (Wildman–Crippen LogP) is 15.6. The molecule has 5 heterocycles. The van der Waals surface area contributed by atoms with Gasteiger partial charge in [0, 0.05) is 76.5 Å². The van der Waals surface area contributed by atoms with E-state index >= 15 is 0 Å². The largest absolute Gasteiger partial charge is 0.354 e. The second-order valence-electron chi connectivity index (χ2n) is 18.6. The van der Waals surface area contributed by atoms with Crippen molar-refractivity contribution in [3.8, 4) is 29.0 Å². The van der Waals surface area contributed by atoms with Crippen LogP contribution < -0.4 is 0 Å². The van der Waals surface area contributed by atoms with Crippen LogP contribution in [0.4, 0.5) is 0 Å². The minimum absolute atomic E-state index is 0.182. The highest BCUT2D eigenvalue weighted by Crippen LogP contribution is 2.43. The highest BCUT2D eigenvalue weighted by molar-refractivity contribution is 6.26. The summed E-state index contributed by atoms with van der Waals surface area (Å²) in [6.45, 7) is 3.51. The molecule has 10 nitrogen and oxygen atoms in total. The number of hydrogen-bond donors (Lipinski definition) is 2. The average Bonchev–Trinajstić information content (AvgIpc) is 4.41. The first-order valence-corrected chi connectivity index (χ1v) is 25.1. The first kappa shape index (κ1) is 44.1. The summed E-state index contributed by atoms with van der Waals surface area (Å²) in [4.78, 5) is 28.1. The van der Waals surface area contributed by atoms with Crippen molar-refractivity contribution in [3.05, 3.63) is 254 Å². The normalized spacial score (nSPS) is 11.9. The minimum atomic E-state index is 0.182. The topological polar surface area (TPSA) is 118 Å². The highest BCUT2D eigenvalue weighted by Gasteiger charge is 2.25. The van der Waals surface area contributed by atoms with Crippen molar-refractivity contribution in [1.82, 2.24) is 33.6 Å². The van der Waals surface area contributed by atoms with Crippen LogP contribution in [0.25, 0.3) is 116 Å². The summed E-state index contributed by atoms with van der Waals surface area (Å²) in [5.74, 6) is 2.34. The fourth-order valence-electron chi connectivity index (χ4n) is 11.0. The summed E-state index contributed by atoms with van der Waals surface area (Å²) in [7, 11) is 0. The second kappa shape index (κ2) is 18.2. The number of fused-ring (bicyclic) bond motifs is 14. The maximum atomic E-state index is 7.94. The van der Waals surface area contributed by atoms with Crippen LogP contribution in [0.1, 0.15) is 11.1 Å². The summed E-state index contributed by atoms with van der Waals surface area (Å²) >= 11 is 0. The SMILES string of the molecule is C=NC(=NC(=N)c1ccccc1)c1ccccc1.c1ccc(-c2nc(-n3c4ccccc4c4ccc5[nH]c6ccccc6c5c43)nc(-n3c4ccccc4c4ccc5c6ccccc6n(-c6ccccc6)c5c43)n2)cc1. The third-order valence-electron chi connectivity index (χ3n) is 14.3. The Kier molecular flexibility index (Phi) is 10.6. The van der Waals surface area contributed by atoms with E-state index in [-0.39, 0.29) is 5.84 Å². The first-order valence-electron chi connectivity index (χ1n) is 25.1. The van der Waals surface area contributed by atoms with Crippen LogP contribution in [-0.2, 0) is 0 Å². The van der Waals surface area contributed by atoms with Crippen LogP contribution >= 0.6 is 0 Å². The van der Waals surface area contributed by atoms with Crippen molar-refractivity contribution in [3.63, 3.8) is 0 Å². The summed E-state index contributed by atoms with van der Waals surface area (Å²) in [5, 5.41) is 17.1. The molecule has 0 atom stereocenters. The van der Waals surface area contributed by atoms with Gasteiger partial charge in [-0.2, -0.15) is 15.0 Å². The van der Waals surface area contributed by atoms with Gasteiger partial charge in [-0.15, -0.1) is 0 Å². The molecule has 0 aliphatic rings. The Morgan fingerprint density at radius 1 is 0.395 bits per heavy atom. The summed E-state index contributed by atoms with van der Waals surface area (Å²) in [5.41, 5.74) is 12.2. The van der Waals surface area contributed by atoms with Crippen molar-refractivity contribution in [2.24, 2.45) is 9.98 Å². The minimum Gasteiger partial charge on any atom is -0.354 e. The molecule has 15 aromatic rings. The Morgan fingerprint density at radius 2 is 0.842 bits per heavy atom. The van der Waals surface area contributed by atoms with Gasteiger partial charge >= 0.3 is 0 Å². The molecule has 0 unspecified atom stereocenters. The van der Waals surface area contributed by atoms with Gasteiger partial charge in [0.15, 0.2) is 17.5 Å². The van der Waals surface area contributed by atoms with Gasteiger partial charge in [0.2, 0.25) is 11.9 Å². The fraction of sp³-hybridized carbons (Fsp3) is 0. The number of aliphatic imine (C=N–C) groups is 2. The lowest BCUT2D eigenvalue weighted by molar-refractivity contribution is 0.894. The van der Waals surface area contributed by atoms with E-state index in [1.54, 1.807) is 0 Å². The number of nitrogens with one attached hydrogen (secondary N) is 2. The molecule has 358 valence electrons. The lowest BCUT2D eigenvalue weighted by atomic mass is 10.1. The van der Waals surface area contributed by atoms with E-state index in [1.807, 2.05) is 78.9 Å². The molecule has 2 N–H and O–H groups in total. The van der Waals surface area contributed by atoms with Gasteiger partial charge in [0.25, 0.3) is 0 Å². The third kappa shape index (κ3) is 7.19. The summed E-state index contributed by atoms with van der Waals surface area (Å²) in [6, 6.07) is 83.1. The molecule has 10 aromatic carbocycles. The van der Waals surface area contributed by atoms with Crippen molar-refractivity contribution in [1.29, 1.82) is 5.41 Å². The van der Waals surface area contributed by atoms with Crippen LogP contribution in [0.2, 0.25) is 0 Å². The van der Waals surface area contributed by atoms with Gasteiger partial charge in [0.05, 0.1) is 33.1 Å². The molecule has 0 bridgehead atoms. The molecule has 0 saturated heterocycles. The van der Waals surface area contributed by atoms with Crippen molar-refractivity contribution in [2.45, 2.75) is 0 Å². The van der Waals surface area contributed by atoms with Gasteiger partial charge in [-0.25, -0.2) is 9.98 Å². The monoisotopic (exact) mass is 976 g/mol. The van der Waals surface area contributed by atoms with Gasteiger partial charge < -0.3 is 9.55 Å². The van der Waals surface area contributed by atoms with E-state index in [0.717, 1.165) is 104 Å². The Hall–Kier alpha value is -10.6. The number of rotatable bonds is 6. The fourth-order valence-corrected chi connectivity index (χ4v) is 11.0. The molecule has 10 heteroatoms. The number of nitrogens with zero attached hydrogens (tertiary/aromatic N) is 8. The van der Waals surface area contributed by atoms with Crippen molar-refractivity contribution >= 4 is 106 Å². The molecule has 0 aliphatic carbocycles. The molecule has 0 radical (unpaired) electrons. The number of aromatic amines is 1. The Labute approximate surface area is 435 Å². The Bertz CT molecular complexity index is 4780. The number of aromatic nitrogens is 7. The van der Waals surface area contributed by atoms with Gasteiger partial charge in [-0.1, -0.05) is 200 Å². The zero-order valence-corrected chi connectivity index (χ0v) is 40.9. The van der Waals surface area contributed by atoms with Gasteiger partial charge in [-0.05, 0) is 49.2 Å². The van der Waals surface area contributed by atoms with Gasteiger partial charge in [0.1, 0.15) is 0 Å². The third-order valence-corrected chi connectivity index (χ3v) is 14.3. The molecule has 5 aromatic heterocycles. The zero-order valence-electron chi connectivity index (χ0n) is 40.9. The van der Waals surface area contributed by atoms with Crippen molar-refractivity contribution in [2.75, 3.05) is 0 Å². The Balaban J connectivity index is 0.000000250. The molecule has 15 rings (SSSR count). The Morgan fingerprint density at radius 3 is 1.43 bits per heavy atom. The zero-order chi connectivity index (χ0) is 50.7. The standard InChI is InChI=1S/C51H31N7.C15H13N3/c1-3-15-31(16-4-1)49-53-50(57-43-25-13-9-19-33(43)36-29-30-41-45(46(36)57)39-22-7-11-23-40(39)52-41)55-51(54-49)58-44-26-14-10-21-35(44)38-28-27-37-34-20-8-12-24-42(34)56(47(37)48(38)58)32-17-5-2-6-18-32;1-17-15(13-10-6-3-7-11-13)18-14(16)12-8-4-2-5-9-12/h1-30,52H;2-11,16H,1H2. The lowest BCUT2D eigenvalue weighted by Gasteiger charge is -2.14. The molecule has 0 aliphatic heterocycles. The molecule has 76 heavy (non-hydrogen) atoms. The maximum absolute atomic E-state index is 7.94.